The van der Waals surface area contributed by atoms with Gasteiger partial charge in [0.2, 0.25) is 5.91 Å². The summed E-state index contributed by atoms with van der Waals surface area (Å²) in [6, 6.07) is 5.56. The predicted octanol–water partition coefficient (Wildman–Crippen LogP) is 2.54. The Morgan fingerprint density at radius 3 is 3.00 bits per heavy atom. The summed E-state index contributed by atoms with van der Waals surface area (Å²) < 4.78 is 1.74. The lowest BCUT2D eigenvalue weighted by molar-refractivity contribution is -0.122. The molecule has 0 aliphatic heterocycles. The highest BCUT2D eigenvalue weighted by atomic mass is 35.5. The molecule has 0 bridgehead atoms. The van der Waals surface area contributed by atoms with E-state index in [0.717, 1.165) is 11.2 Å². The first kappa shape index (κ1) is 11.9. The van der Waals surface area contributed by atoms with Crippen LogP contribution in [-0.2, 0) is 4.79 Å². The van der Waals surface area contributed by atoms with Crippen molar-refractivity contribution in [2.45, 2.75) is 13.8 Å². The van der Waals surface area contributed by atoms with Crippen LogP contribution in [0.3, 0.4) is 0 Å². The molecule has 1 amide bonds. The maximum Gasteiger partial charge on any atom is 0.231 e. The summed E-state index contributed by atoms with van der Waals surface area (Å²) in [4.78, 5) is 11.9. The molecule has 0 spiro atoms. The summed E-state index contributed by atoms with van der Waals surface area (Å²) in [6.07, 6.45) is 3.52. The fourth-order valence-electron chi connectivity index (χ4n) is 1.36. The Hall–Kier alpha value is -1.55. The maximum absolute atomic E-state index is 11.9. The summed E-state index contributed by atoms with van der Waals surface area (Å²) in [5.74, 6) is 0.199. The Bertz CT molecular complexity index is 547. The van der Waals surface area contributed by atoms with Gasteiger partial charge in [0.15, 0.2) is 0 Å². The van der Waals surface area contributed by atoms with Crippen LogP contribution in [0.4, 0.5) is 5.69 Å². The van der Waals surface area contributed by atoms with Gasteiger partial charge in [0.05, 0.1) is 10.9 Å². The molecule has 0 fully saturated rings. The van der Waals surface area contributed by atoms with Crippen molar-refractivity contribution in [3.05, 3.63) is 30.6 Å². The van der Waals surface area contributed by atoms with Gasteiger partial charge >= 0.3 is 0 Å². The van der Waals surface area contributed by atoms with E-state index in [1.54, 1.807) is 16.9 Å². The fraction of sp³-hybridized carbons (Fsp3) is 0.333. The second kappa shape index (κ2) is 4.37. The first-order chi connectivity index (χ1) is 8.03. The number of amides is 1. The van der Waals surface area contributed by atoms with Crippen molar-refractivity contribution in [1.29, 1.82) is 0 Å². The minimum Gasteiger partial charge on any atom is -0.325 e. The number of carbonyl (C=O) groups is 1. The number of fused-ring (bicyclic) bond motifs is 1. The molecule has 1 N–H and O–H groups in total. The maximum atomic E-state index is 11.9. The van der Waals surface area contributed by atoms with Crippen LogP contribution in [0.5, 0.6) is 0 Å². The molecule has 0 saturated carbocycles. The third-order valence-corrected chi connectivity index (χ3v) is 3.27. The number of nitrogens with zero attached hydrogens (tertiary/aromatic N) is 2. The van der Waals surface area contributed by atoms with E-state index in [0.29, 0.717) is 0 Å². The third-order valence-electron chi connectivity index (χ3n) is 2.61. The average Bonchev–Trinajstić information content (AvgIpc) is 2.76. The number of anilines is 1. The van der Waals surface area contributed by atoms with Crippen LogP contribution in [-0.4, -0.2) is 21.4 Å². The van der Waals surface area contributed by atoms with Crippen LogP contribution in [0.25, 0.3) is 5.52 Å². The number of pyridine rings is 1. The Labute approximate surface area is 105 Å². The van der Waals surface area contributed by atoms with Gasteiger partial charge in [0.25, 0.3) is 0 Å². The zero-order chi connectivity index (χ0) is 12.5. The Morgan fingerprint density at radius 1 is 1.53 bits per heavy atom. The molecular weight excluding hydrogens is 238 g/mol. The number of hydrogen-bond donors (Lipinski definition) is 1. The van der Waals surface area contributed by atoms with Crippen LogP contribution >= 0.6 is 11.6 Å². The van der Waals surface area contributed by atoms with Gasteiger partial charge in [0.1, 0.15) is 0 Å². The van der Waals surface area contributed by atoms with Crippen molar-refractivity contribution in [3.63, 3.8) is 0 Å². The van der Waals surface area contributed by atoms with E-state index >= 15 is 0 Å². The summed E-state index contributed by atoms with van der Waals surface area (Å²) in [7, 11) is 0. The van der Waals surface area contributed by atoms with Gasteiger partial charge in [0, 0.05) is 24.0 Å². The molecule has 2 aromatic heterocycles. The third kappa shape index (κ3) is 2.42. The van der Waals surface area contributed by atoms with Gasteiger partial charge < -0.3 is 5.32 Å². The molecule has 0 aromatic carbocycles. The van der Waals surface area contributed by atoms with Crippen LogP contribution in [0, 0.1) is 5.41 Å². The Kier molecular flexibility index (Phi) is 3.07. The van der Waals surface area contributed by atoms with Gasteiger partial charge in [-0.3, -0.25) is 4.79 Å². The summed E-state index contributed by atoms with van der Waals surface area (Å²) in [6.45, 7) is 3.62. The number of halogens is 1. The number of aromatic nitrogens is 2. The zero-order valence-corrected chi connectivity index (χ0v) is 10.5. The molecule has 17 heavy (non-hydrogen) atoms. The Morgan fingerprint density at radius 2 is 2.29 bits per heavy atom. The number of alkyl halides is 1. The summed E-state index contributed by atoms with van der Waals surface area (Å²) in [5, 5.41) is 6.94. The van der Waals surface area contributed by atoms with E-state index in [-0.39, 0.29) is 11.8 Å². The van der Waals surface area contributed by atoms with Gasteiger partial charge in [-0.1, -0.05) is 0 Å². The molecule has 5 heteroatoms. The number of nitrogens with one attached hydrogen (secondary N) is 1. The van der Waals surface area contributed by atoms with Crippen LogP contribution in [0.1, 0.15) is 13.8 Å². The van der Waals surface area contributed by atoms with Gasteiger partial charge in [-0.2, -0.15) is 5.10 Å². The average molecular weight is 252 g/mol. The molecule has 2 aromatic rings. The van der Waals surface area contributed by atoms with E-state index in [4.69, 9.17) is 11.6 Å². The summed E-state index contributed by atoms with van der Waals surface area (Å²) >= 11 is 5.76. The van der Waals surface area contributed by atoms with E-state index in [1.807, 2.05) is 32.0 Å². The number of rotatable bonds is 3. The largest absolute Gasteiger partial charge is 0.325 e. The molecule has 2 rings (SSSR count). The summed E-state index contributed by atoms with van der Waals surface area (Å²) in [5.41, 5.74) is 1.11. The number of carbonyl (C=O) groups excluding carboxylic acids is 1. The fourth-order valence-corrected chi connectivity index (χ4v) is 1.48. The van der Waals surface area contributed by atoms with E-state index in [2.05, 4.69) is 10.4 Å². The standard InChI is InChI=1S/C12H14ClN3O/c1-12(2,8-13)11(17)15-9-4-6-16-10(7-9)3-5-14-16/h3-7H,8H2,1-2H3,(H,15,17). The molecule has 0 unspecified atom stereocenters. The normalized spacial score (nSPS) is 11.7. The van der Waals surface area contributed by atoms with Crippen molar-refractivity contribution in [1.82, 2.24) is 9.61 Å². The highest BCUT2D eigenvalue weighted by Gasteiger charge is 2.26. The van der Waals surface area contributed by atoms with E-state index < -0.39 is 5.41 Å². The molecular formula is C12H14ClN3O. The van der Waals surface area contributed by atoms with Crippen molar-refractivity contribution in [2.24, 2.45) is 5.41 Å². The molecule has 4 nitrogen and oxygen atoms in total. The molecule has 0 aliphatic rings. The van der Waals surface area contributed by atoms with Crippen molar-refractivity contribution >= 4 is 28.7 Å². The van der Waals surface area contributed by atoms with Crippen molar-refractivity contribution < 1.29 is 4.79 Å². The van der Waals surface area contributed by atoms with Gasteiger partial charge in [-0.05, 0) is 32.0 Å². The molecule has 0 atom stereocenters. The minimum absolute atomic E-state index is 0.0867. The SMILES string of the molecule is CC(C)(CCl)C(=O)Nc1ccn2nccc2c1. The molecule has 0 saturated heterocycles. The number of hydrogen-bond acceptors (Lipinski definition) is 2. The lowest BCUT2D eigenvalue weighted by Gasteiger charge is -2.20. The first-order valence-electron chi connectivity index (χ1n) is 5.34. The second-order valence-electron chi connectivity index (χ2n) is 4.59. The molecule has 90 valence electrons. The van der Waals surface area contributed by atoms with Crippen LogP contribution < -0.4 is 5.32 Å². The van der Waals surface area contributed by atoms with E-state index in [1.165, 1.54) is 0 Å². The second-order valence-corrected chi connectivity index (χ2v) is 4.85. The van der Waals surface area contributed by atoms with E-state index in [9.17, 15) is 4.79 Å². The van der Waals surface area contributed by atoms with Gasteiger partial charge in [-0.15, -0.1) is 11.6 Å². The quantitative estimate of drug-likeness (QED) is 0.853. The monoisotopic (exact) mass is 251 g/mol. The van der Waals surface area contributed by atoms with Crippen LogP contribution in [0.2, 0.25) is 0 Å². The Balaban J connectivity index is 2.21. The van der Waals surface area contributed by atoms with Crippen LogP contribution in [0.15, 0.2) is 30.6 Å². The zero-order valence-electron chi connectivity index (χ0n) is 9.77. The molecule has 2 heterocycles. The topological polar surface area (TPSA) is 46.4 Å². The minimum atomic E-state index is -0.575. The smallest absolute Gasteiger partial charge is 0.231 e. The molecule has 0 radical (unpaired) electrons. The highest BCUT2D eigenvalue weighted by Crippen LogP contribution is 2.20. The predicted molar refractivity (Wildman–Crippen MR) is 68.3 cm³/mol. The van der Waals surface area contributed by atoms with Crippen molar-refractivity contribution in [2.75, 3.05) is 11.2 Å². The molecule has 0 aliphatic carbocycles. The first-order valence-corrected chi connectivity index (χ1v) is 5.87. The lowest BCUT2D eigenvalue weighted by Crippen LogP contribution is -2.32. The van der Waals surface area contributed by atoms with Gasteiger partial charge in [-0.25, -0.2) is 4.52 Å². The van der Waals surface area contributed by atoms with Crippen molar-refractivity contribution in [3.8, 4) is 0 Å². The highest BCUT2D eigenvalue weighted by molar-refractivity contribution is 6.20. The lowest BCUT2D eigenvalue weighted by atomic mass is 9.95.